The molecule has 0 radical (unpaired) electrons. The first-order chi connectivity index (χ1) is 14.0. The zero-order valence-electron chi connectivity index (χ0n) is 16.8. The van der Waals surface area contributed by atoms with Gasteiger partial charge in [-0.2, -0.15) is 0 Å². The molecule has 29 heavy (non-hydrogen) atoms. The first-order valence-electron chi connectivity index (χ1n) is 10.1. The van der Waals surface area contributed by atoms with Gasteiger partial charge in [0.15, 0.2) is 0 Å². The van der Waals surface area contributed by atoms with E-state index in [1.807, 2.05) is 54.6 Å². The second kappa shape index (κ2) is 8.07. The molecule has 150 valence electrons. The molecule has 0 aliphatic carbocycles. The molecule has 3 aromatic rings. The van der Waals surface area contributed by atoms with Crippen LogP contribution in [0.5, 0.6) is 0 Å². The van der Waals surface area contributed by atoms with Gasteiger partial charge >= 0.3 is 0 Å². The molecule has 0 bridgehead atoms. The quantitative estimate of drug-likeness (QED) is 0.677. The number of carbonyl (C=O) groups is 2. The predicted molar refractivity (Wildman–Crippen MR) is 112 cm³/mol. The van der Waals surface area contributed by atoms with Crippen molar-refractivity contribution in [2.75, 3.05) is 6.54 Å². The topological polar surface area (TPSA) is 78.1 Å². The summed E-state index contributed by atoms with van der Waals surface area (Å²) in [5.74, 6) is 0.515. The molecule has 2 aromatic carbocycles. The number of benzene rings is 2. The summed E-state index contributed by atoms with van der Waals surface area (Å²) in [5.41, 5.74) is 2.91. The zero-order chi connectivity index (χ0) is 20.4. The SMILES string of the molecule is CC(C)[C@H](NC(=O)C1CC(=O)N(Cc2ccccc2)C1)c1nc2ccccc2[nH]1. The number of H-pyrrole nitrogens is 1. The van der Waals surface area contributed by atoms with Gasteiger partial charge < -0.3 is 15.2 Å². The number of amides is 2. The van der Waals surface area contributed by atoms with Gasteiger partial charge in [-0.15, -0.1) is 0 Å². The molecule has 2 N–H and O–H groups in total. The Balaban J connectivity index is 1.45. The maximum atomic E-state index is 13.0. The fraction of sp³-hybridized carbons (Fsp3) is 0.348. The largest absolute Gasteiger partial charge is 0.346 e. The molecule has 0 spiro atoms. The average Bonchev–Trinajstić information content (AvgIpc) is 3.30. The van der Waals surface area contributed by atoms with Crippen molar-refractivity contribution in [3.8, 4) is 0 Å². The van der Waals surface area contributed by atoms with Crippen molar-refractivity contribution in [2.45, 2.75) is 32.9 Å². The molecule has 6 nitrogen and oxygen atoms in total. The Kier molecular flexibility index (Phi) is 5.34. The van der Waals surface area contributed by atoms with E-state index in [-0.39, 0.29) is 36.1 Å². The maximum absolute atomic E-state index is 13.0. The molecule has 2 atom stereocenters. The van der Waals surface area contributed by atoms with Gasteiger partial charge in [-0.25, -0.2) is 4.98 Å². The number of fused-ring (bicyclic) bond motifs is 1. The Morgan fingerprint density at radius 1 is 1.17 bits per heavy atom. The zero-order valence-corrected chi connectivity index (χ0v) is 16.8. The van der Waals surface area contributed by atoms with E-state index in [1.165, 1.54) is 0 Å². The van der Waals surface area contributed by atoms with Gasteiger partial charge in [-0.05, 0) is 23.6 Å². The summed E-state index contributed by atoms with van der Waals surface area (Å²) >= 11 is 0. The summed E-state index contributed by atoms with van der Waals surface area (Å²) in [6.45, 7) is 5.10. The standard InChI is InChI=1S/C23H26N4O2/c1-15(2)21(22-24-18-10-6-7-11-19(18)25-22)26-23(29)17-12-20(28)27(14-17)13-16-8-4-3-5-9-16/h3-11,15,17,21H,12-14H2,1-2H3,(H,24,25)(H,26,29)/t17?,21-/m0/s1. The van der Waals surface area contributed by atoms with E-state index < -0.39 is 0 Å². The van der Waals surface area contributed by atoms with E-state index in [2.05, 4.69) is 29.1 Å². The van der Waals surface area contributed by atoms with Crippen molar-refractivity contribution in [3.05, 3.63) is 66.0 Å². The number of aromatic amines is 1. The lowest BCUT2D eigenvalue weighted by Crippen LogP contribution is -2.38. The summed E-state index contributed by atoms with van der Waals surface area (Å²) in [7, 11) is 0. The number of imidazole rings is 1. The van der Waals surface area contributed by atoms with Crippen LogP contribution in [0.3, 0.4) is 0 Å². The summed E-state index contributed by atoms with van der Waals surface area (Å²) in [6.07, 6.45) is 0.254. The molecule has 1 aromatic heterocycles. The lowest BCUT2D eigenvalue weighted by molar-refractivity contribution is -0.129. The monoisotopic (exact) mass is 390 g/mol. The minimum absolute atomic E-state index is 0.0267. The summed E-state index contributed by atoms with van der Waals surface area (Å²) in [6, 6.07) is 17.5. The highest BCUT2D eigenvalue weighted by Gasteiger charge is 2.35. The third-order valence-electron chi connectivity index (χ3n) is 5.47. The summed E-state index contributed by atoms with van der Waals surface area (Å²) in [5, 5.41) is 3.13. The van der Waals surface area contributed by atoms with Gasteiger partial charge in [0, 0.05) is 19.5 Å². The lowest BCUT2D eigenvalue weighted by atomic mass is 10.0. The van der Waals surface area contributed by atoms with E-state index >= 15 is 0 Å². The molecule has 1 aliphatic heterocycles. The number of para-hydroxylation sites is 2. The van der Waals surface area contributed by atoms with Gasteiger partial charge in [0.2, 0.25) is 11.8 Å². The van der Waals surface area contributed by atoms with Crippen molar-refractivity contribution < 1.29 is 9.59 Å². The Bertz CT molecular complexity index is 979. The van der Waals surface area contributed by atoms with Gasteiger partial charge in [-0.1, -0.05) is 56.3 Å². The summed E-state index contributed by atoms with van der Waals surface area (Å²) in [4.78, 5) is 35.1. The fourth-order valence-corrected chi connectivity index (χ4v) is 3.85. The molecule has 1 aliphatic rings. The number of nitrogens with one attached hydrogen (secondary N) is 2. The highest BCUT2D eigenvalue weighted by Crippen LogP contribution is 2.25. The number of rotatable bonds is 6. The van der Waals surface area contributed by atoms with E-state index in [9.17, 15) is 9.59 Å². The Hall–Kier alpha value is -3.15. The van der Waals surface area contributed by atoms with Gasteiger partial charge in [-0.3, -0.25) is 9.59 Å². The fourth-order valence-electron chi connectivity index (χ4n) is 3.85. The van der Waals surface area contributed by atoms with Crippen LogP contribution in [-0.4, -0.2) is 33.2 Å². The molecule has 1 unspecified atom stereocenters. The van der Waals surface area contributed by atoms with Crippen molar-refractivity contribution >= 4 is 22.8 Å². The van der Waals surface area contributed by atoms with Crippen molar-refractivity contribution in [1.29, 1.82) is 0 Å². The van der Waals surface area contributed by atoms with Crippen LogP contribution in [0.1, 0.15) is 37.7 Å². The van der Waals surface area contributed by atoms with E-state index in [0.717, 1.165) is 22.4 Å². The van der Waals surface area contributed by atoms with E-state index in [0.29, 0.717) is 13.1 Å². The first kappa shape index (κ1) is 19.2. The van der Waals surface area contributed by atoms with Gasteiger partial charge in [0.1, 0.15) is 5.82 Å². The third kappa shape index (κ3) is 4.16. The lowest BCUT2D eigenvalue weighted by Gasteiger charge is -2.22. The predicted octanol–water partition coefficient (Wildman–Crippen LogP) is 3.42. The molecule has 1 fully saturated rings. The second-order valence-electron chi connectivity index (χ2n) is 8.03. The van der Waals surface area contributed by atoms with Crippen LogP contribution in [0.25, 0.3) is 11.0 Å². The molecule has 4 rings (SSSR count). The smallest absolute Gasteiger partial charge is 0.226 e. The van der Waals surface area contributed by atoms with E-state index in [1.54, 1.807) is 4.90 Å². The van der Waals surface area contributed by atoms with Crippen LogP contribution in [0.15, 0.2) is 54.6 Å². The van der Waals surface area contributed by atoms with Crippen molar-refractivity contribution in [3.63, 3.8) is 0 Å². The summed E-state index contributed by atoms with van der Waals surface area (Å²) < 4.78 is 0. The van der Waals surface area contributed by atoms with Crippen LogP contribution >= 0.6 is 0 Å². The number of hydrogen-bond acceptors (Lipinski definition) is 3. The maximum Gasteiger partial charge on any atom is 0.226 e. The van der Waals surface area contributed by atoms with E-state index in [4.69, 9.17) is 0 Å². The number of aromatic nitrogens is 2. The average molecular weight is 390 g/mol. The number of likely N-dealkylation sites (tertiary alicyclic amines) is 1. The molecule has 2 heterocycles. The minimum atomic E-state index is -0.336. The highest BCUT2D eigenvalue weighted by atomic mass is 16.2. The van der Waals surface area contributed by atoms with Crippen LogP contribution < -0.4 is 5.32 Å². The highest BCUT2D eigenvalue weighted by molar-refractivity contribution is 5.89. The molecule has 1 saturated heterocycles. The molecular formula is C23H26N4O2. The van der Waals surface area contributed by atoms with Crippen LogP contribution in [-0.2, 0) is 16.1 Å². The number of nitrogens with zero attached hydrogens (tertiary/aromatic N) is 2. The van der Waals surface area contributed by atoms with Crippen LogP contribution in [0.2, 0.25) is 0 Å². The normalized spacial score (nSPS) is 17.8. The van der Waals surface area contributed by atoms with Crippen molar-refractivity contribution in [1.82, 2.24) is 20.2 Å². The first-order valence-corrected chi connectivity index (χ1v) is 10.1. The number of carbonyl (C=O) groups excluding carboxylic acids is 2. The molecule has 0 saturated carbocycles. The van der Waals surface area contributed by atoms with Gasteiger partial charge in [0.25, 0.3) is 0 Å². The molecular weight excluding hydrogens is 364 g/mol. The molecule has 2 amide bonds. The van der Waals surface area contributed by atoms with Crippen LogP contribution in [0.4, 0.5) is 0 Å². The Morgan fingerprint density at radius 3 is 2.62 bits per heavy atom. The third-order valence-corrected chi connectivity index (χ3v) is 5.47. The van der Waals surface area contributed by atoms with Crippen LogP contribution in [0, 0.1) is 11.8 Å². The number of hydrogen-bond donors (Lipinski definition) is 2. The van der Waals surface area contributed by atoms with Crippen molar-refractivity contribution in [2.24, 2.45) is 11.8 Å². The molecule has 6 heteroatoms. The minimum Gasteiger partial charge on any atom is -0.346 e. The second-order valence-corrected chi connectivity index (χ2v) is 8.03. The Labute approximate surface area is 170 Å². The Morgan fingerprint density at radius 2 is 1.90 bits per heavy atom. The van der Waals surface area contributed by atoms with Gasteiger partial charge in [0.05, 0.1) is 23.0 Å².